The Balaban J connectivity index is 1.68. The van der Waals surface area contributed by atoms with Crippen LogP contribution < -0.4 is 5.32 Å². The molecule has 2 rings (SSSR count). The van der Waals surface area contributed by atoms with Crippen LogP contribution in [-0.2, 0) is 16.1 Å². The minimum absolute atomic E-state index is 0.0236. The standard InChI is InChI=1S/C13H21N3O2/c1-2-18-13(17)10-3-5-11(6-4-10)15-8-12-7-14-9-16-12/h7,9-11,15H,2-6,8H2,1H3,(H,14,16). The molecule has 5 heteroatoms. The van der Waals surface area contributed by atoms with Crippen molar-refractivity contribution in [2.24, 2.45) is 5.92 Å². The Labute approximate surface area is 107 Å². The van der Waals surface area contributed by atoms with E-state index in [4.69, 9.17) is 4.74 Å². The summed E-state index contributed by atoms with van der Waals surface area (Å²) in [5.74, 6) is 0.0830. The van der Waals surface area contributed by atoms with Crippen LogP contribution in [0.3, 0.4) is 0 Å². The van der Waals surface area contributed by atoms with E-state index in [1.54, 1.807) is 6.33 Å². The van der Waals surface area contributed by atoms with Crippen LogP contribution in [0.1, 0.15) is 38.3 Å². The molecule has 1 aliphatic carbocycles. The highest BCUT2D eigenvalue weighted by Gasteiger charge is 2.26. The number of H-pyrrole nitrogens is 1. The predicted octanol–water partition coefficient (Wildman–Crippen LogP) is 1.62. The quantitative estimate of drug-likeness (QED) is 0.780. The molecular formula is C13H21N3O2. The smallest absolute Gasteiger partial charge is 0.308 e. The van der Waals surface area contributed by atoms with Crippen LogP contribution in [0.2, 0.25) is 0 Å². The van der Waals surface area contributed by atoms with Crippen molar-refractivity contribution in [3.05, 3.63) is 18.2 Å². The first kappa shape index (κ1) is 13.1. The molecule has 0 bridgehead atoms. The average molecular weight is 251 g/mol. The van der Waals surface area contributed by atoms with Gasteiger partial charge in [0.2, 0.25) is 0 Å². The van der Waals surface area contributed by atoms with Crippen LogP contribution in [0.25, 0.3) is 0 Å². The maximum absolute atomic E-state index is 11.6. The van der Waals surface area contributed by atoms with E-state index in [-0.39, 0.29) is 11.9 Å². The van der Waals surface area contributed by atoms with E-state index in [0.717, 1.165) is 37.9 Å². The summed E-state index contributed by atoms with van der Waals surface area (Å²) in [4.78, 5) is 18.7. The van der Waals surface area contributed by atoms with Crippen molar-refractivity contribution >= 4 is 5.97 Å². The van der Waals surface area contributed by atoms with Crippen molar-refractivity contribution in [1.29, 1.82) is 0 Å². The van der Waals surface area contributed by atoms with Gasteiger partial charge in [0.25, 0.3) is 0 Å². The summed E-state index contributed by atoms with van der Waals surface area (Å²) in [6.45, 7) is 3.15. The van der Waals surface area contributed by atoms with Crippen LogP contribution in [-0.4, -0.2) is 28.6 Å². The molecule has 0 saturated heterocycles. The molecule has 1 fully saturated rings. The Bertz CT molecular complexity index is 356. The maximum Gasteiger partial charge on any atom is 0.308 e. The van der Waals surface area contributed by atoms with Crippen molar-refractivity contribution in [3.63, 3.8) is 0 Å². The number of hydrogen-bond donors (Lipinski definition) is 2. The topological polar surface area (TPSA) is 67.0 Å². The number of aromatic amines is 1. The predicted molar refractivity (Wildman–Crippen MR) is 67.8 cm³/mol. The normalized spacial score (nSPS) is 23.8. The molecule has 0 unspecified atom stereocenters. The molecule has 2 N–H and O–H groups in total. The van der Waals surface area contributed by atoms with E-state index in [1.807, 2.05) is 13.1 Å². The van der Waals surface area contributed by atoms with Gasteiger partial charge in [-0.25, -0.2) is 4.98 Å². The number of carbonyl (C=O) groups is 1. The first-order chi connectivity index (χ1) is 8.79. The zero-order chi connectivity index (χ0) is 12.8. The van der Waals surface area contributed by atoms with Crippen LogP contribution >= 0.6 is 0 Å². The number of imidazole rings is 1. The van der Waals surface area contributed by atoms with Gasteiger partial charge in [0, 0.05) is 24.5 Å². The van der Waals surface area contributed by atoms with Crippen molar-refractivity contribution in [1.82, 2.24) is 15.3 Å². The summed E-state index contributed by atoms with van der Waals surface area (Å²) in [6.07, 6.45) is 7.46. The van der Waals surface area contributed by atoms with Crippen molar-refractivity contribution < 1.29 is 9.53 Å². The van der Waals surface area contributed by atoms with Crippen LogP contribution in [0.15, 0.2) is 12.5 Å². The highest BCUT2D eigenvalue weighted by Crippen LogP contribution is 2.25. The van der Waals surface area contributed by atoms with Gasteiger partial charge < -0.3 is 15.0 Å². The summed E-state index contributed by atoms with van der Waals surface area (Å²) in [5, 5.41) is 3.49. The van der Waals surface area contributed by atoms with Crippen molar-refractivity contribution in [3.8, 4) is 0 Å². The van der Waals surface area contributed by atoms with Crippen molar-refractivity contribution in [2.45, 2.75) is 45.2 Å². The van der Waals surface area contributed by atoms with Crippen LogP contribution in [0.5, 0.6) is 0 Å². The molecule has 1 aromatic rings. The number of nitrogens with zero attached hydrogens (tertiary/aromatic N) is 1. The summed E-state index contributed by atoms with van der Waals surface area (Å²) in [7, 11) is 0. The molecule has 1 heterocycles. The zero-order valence-corrected chi connectivity index (χ0v) is 10.8. The van der Waals surface area contributed by atoms with E-state index in [0.29, 0.717) is 12.6 Å². The average Bonchev–Trinajstić information content (AvgIpc) is 2.90. The fraction of sp³-hybridized carbons (Fsp3) is 0.692. The lowest BCUT2D eigenvalue weighted by Gasteiger charge is -2.27. The summed E-state index contributed by atoms with van der Waals surface area (Å²) in [6, 6.07) is 0.499. The summed E-state index contributed by atoms with van der Waals surface area (Å²) < 4.78 is 5.06. The van der Waals surface area contributed by atoms with E-state index in [9.17, 15) is 4.79 Å². The zero-order valence-electron chi connectivity index (χ0n) is 10.8. The molecule has 0 spiro atoms. The minimum Gasteiger partial charge on any atom is -0.466 e. The van der Waals surface area contributed by atoms with Crippen LogP contribution in [0, 0.1) is 5.92 Å². The number of esters is 1. The number of aromatic nitrogens is 2. The lowest BCUT2D eigenvalue weighted by atomic mass is 9.86. The monoisotopic (exact) mass is 251 g/mol. The second kappa shape index (κ2) is 6.54. The molecule has 5 nitrogen and oxygen atoms in total. The minimum atomic E-state index is -0.0236. The summed E-state index contributed by atoms with van der Waals surface area (Å²) in [5.41, 5.74) is 1.10. The Morgan fingerprint density at radius 1 is 1.50 bits per heavy atom. The molecule has 0 radical (unpaired) electrons. The lowest BCUT2D eigenvalue weighted by Crippen LogP contribution is -2.35. The van der Waals surface area contributed by atoms with Crippen molar-refractivity contribution in [2.75, 3.05) is 6.61 Å². The SMILES string of the molecule is CCOC(=O)C1CCC(NCc2cnc[nH]2)CC1. The maximum atomic E-state index is 11.6. The molecule has 0 amide bonds. The number of ether oxygens (including phenoxy) is 1. The largest absolute Gasteiger partial charge is 0.466 e. The molecule has 100 valence electrons. The molecule has 0 atom stereocenters. The van der Waals surface area contributed by atoms with Crippen LogP contribution in [0.4, 0.5) is 0 Å². The molecule has 0 aliphatic heterocycles. The van der Waals surface area contributed by atoms with Gasteiger partial charge >= 0.3 is 5.97 Å². The van der Waals surface area contributed by atoms with E-state index in [1.165, 1.54) is 0 Å². The third-order valence-electron chi connectivity index (χ3n) is 3.48. The highest BCUT2D eigenvalue weighted by molar-refractivity contribution is 5.72. The highest BCUT2D eigenvalue weighted by atomic mass is 16.5. The lowest BCUT2D eigenvalue weighted by molar-refractivity contribution is -0.149. The van der Waals surface area contributed by atoms with Gasteiger partial charge in [-0.1, -0.05) is 0 Å². The first-order valence-electron chi connectivity index (χ1n) is 6.67. The summed E-state index contributed by atoms with van der Waals surface area (Å²) >= 11 is 0. The second-order valence-electron chi connectivity index (χ2n) is 4.76. The molecule has 1 aromatic heterocycles. The van der Waals surface area contributed by atoms with Gasteiger partial charge in [-0.05, 0) is 32.6 Å². The van der Waals surface area contributed by atoms with Gasteiger partial charge in [0.05, 0.1) is 18.9 Å². The van der Waals surface area contributed by atoms with Gasteiger partial charge in [-0.3, -0.25) is 4.79 Å². The third-order valence-corrected chi connectivity index (χ3v) is 3.48. The molecule has 0 aromatic carbocycles. The number of carbonyl (C=O) groups excluding carboxylic acids is 1. The fourth-order valence-electron chi connectivity index (χ4n) is 2.43. The molecular weight excluding hydrogens is 230 g/mol. The van der Waals surface area contributed by atoms with E-state index in [2.05, 4.69) is 15.3 Å². The van der Waals surface area contributed by atoms with E-state index < -0.39 is 0 Å². The molecule has 1 saturated carbocycles. The first-order valence-corrected chi connectivity index (χ1v) is 6.67. The Kier molecular flexibility index (Phi) is 4.75. The Morgan fingerprint density at radius 2 is 2.28 bits per heavy atom. The Morgan fingerprint density at radius 3 is 2.89 bits per heavy atom. The number of nitrogens with one attached hydrogen (secondary N) is 2. The number of hydrogen-bond acceptors (Lipinski definition) is 4. The van der Waals surface area contributed by atoms with E-state index >= 15 is 0 Å². The Hall–Kier alpha value is -1.36. The molecule has 18 heavy (non-hydrogen) atoms. The second-order valence-corrected chi connectivity index (χ2v) is 4.76. The fourth-order valence-corrected chi connectivity index (χ4v) is 2.43. The van der Waals surface area contributed by atoms with Gasteiger partial charge in [0.15, 0.2) is 0 Å². The number of rotatable bonds is 5. The van der Waals surface area contributed by atoms with Gasteiger partial charge in [-0.15, -0.1) is 0 Å². The van der Waals surface area contributed by atoms with Gasteiger partial charge in [0.1, 0.15) is 0 Å². The third kappa shape index (κ3) is 3.57. The van der Waals surface area contributed by atoms with Gasteiger partial charge in [-0.2, -0.15) is 0 Å². The molecule has 1 aliphatic rings.